The molecular weight excluding hydrogens is 202 g/mol. The molecule has 0 bridgehead atoms. The average molecular weight is 223 g/mol. The van der Waals surface area contributed by atoms with E-state index in [2.05, 4.69) is 24.3 Å². The normalized spacial score (nSPS) is 12.7. The van der Waals surface area contributed by atoms with Gasteiger partial charge in [-0.05, 0) is 38.8 Å². The van der Waals surface area contributed by atoms with E-state index in [0.717, 1.165) is 24.9 Å². The Bertz CT molecular complexity index is 373. The molecule has 1 aromatic rings. The van der Waals surface area contributed by atoms with Gasteiger partial charge in [0, 0.05) is 18.7 Å². The predicted molar refractivity (Wildman–Crippen MR) is 65.6 cm³/mol. The van der Waals surface area contributed by atoms with E-state index < -0.39 is 0 Å². The van der Waals surface area contributed by atoms with E-state index in [4.69, 9.17) is 0 Å². The molecule has 0 saturated carbocycles. The van der Waals surface area contributed by atoms with E-state index in [1.165, 1.54) is 4.68 Å². The molecule has 0 aromatic carbocycles. The maximum Gasteiger partial charge on any atom is 0.266 e. The number of rotatable bonds is 6. The number of hydrogen-bond acceptors (Lipinski definition) is 3. The summed E-state index contributed by atoms with van der Waals surface area (Å²) in [5, 5.41) is 7.45. The van der Waals surface area contributed by atoms with Crippen LogP contribution in [0.25, 0.3) is 0 Å². The van der Waals surface area contributed by atoms with Crippen molar-refractivity contribution in [1.82, 2.24) is 15.1 Å². The van der Waals surface area contributed by atoms with Gasteiger partial charge in [0.05, 0.1) is 6.20 Å². The summed E-state index contributed by atoms with van der Waals surface area (Å²) in [7, 11) is 0. The molecule has 16 heavy (non-hydrogen) atoms. The zero-order chi connectivity index (χ0) is 12.0. The molecule has 0 radical (unpaired) electrons. The molecule has 0 fully saturated rings. The van der Waals surface area contributed by atoms with Crippen LogP contribution in [0.5, 0.6) is 0 Å². The minimum atomic E-state index is -0.00361. The predicted octanol–water partition coefficient (Wildman–Crippen LogP) is 1.33. The van der Waals surface area contributed by atoms with Gasteiger partial charge in [-0.3, -0.25) is 4.79 Å². The van der Waals surface area contributed by atoms with Crippen molar-refractivity contribution in [2.24, 2.45) is 0 Å². The van der Waals surface area contributed by atoms with E-state index in [-0.39, 0.29) is 5.56 Å². The first kappa shape index (κ1) is 12.9. The molecule has 0 amide bonds. The van der Waals surface area contributed by atoms with Crippen LogP contribution < -0.4 is 10.9 Å². The van der Waals surface area contributed by atoms with E-state index in [1.807, 2.05) is 6.92 Å². The van der Waals surface area contributed by atoms with Crippen molar-refractivity contribution < 1.29 is 0 Å². The van der Waals surface area contributed by atoms with Crippen LogP contribution in [-0.2, 0) is 6.54 Å². The molecule has 0 spiro atoms. The summed E-state index contributed by atoms with van der Waals surface area (Å²) in [6.07, 6.45) is 3.77. The van der Waals surface area contributed by atoms with Crippen molar-refractivity contribution in [1.29, 1.82) is 0 Å². The third kappa shape index (κ3) is 4.14. The highest BCUT2D eigenvalue weighted by atomic mass is 16.1. The van der Waals surface area contributed by atoms with Crippen LogP contribution in [0.2, 0.25) is 0 Å². The van der Waals surface area contributed by atoms with Crippen LogP contribution in [0.1, 0.15) is 32.3 Å². The minimum Gasteiger partial charge on any atom is -0.315 e. The van der Waals surface area contributed by atoms with Gasteiger partial charge in [-0.25, -0.2) is 4.68 Å². The lowest BCUT2D eigenvalue weighted by atomic mass is 10.2. The van der Waals surface area contributed by atoms with E-state index in [9.17, 15) is 4.79 Å². The second-order valence-corrected chi connectivity index (χ2v) is 4.20. The zero-order valence-electron chi connectivity index (χ0n) is 10.4. The van der Waals surface area contributed by atoms with Crippen molar-refractivity contribution in [2.45, 2.75) is 46.2 Å². The smallest absolute Gasteiger partial charge is 0.266 e. The first-order chi connectivity index (χ1) is 7.63. The summed E-state index contributed by atoms with van der Waals surface area (Å²) < 4.78 is 1.53. The van der Waals surface area contributed by atoms with Crippen molar-refractivity contribution in [3.63, 3.8) is 0 Å². The Balaban J connectivity index is 2.40. The van der Waals surface area contributed by atoms with Crippen LogP contribution in [-0.4, -0.2) is 22.4 Å². The van der Waals surface area contributed by atoms with Gasteiger partial charge in [0.25, 0.3) is 5.56 Å². The van der Waals surface area contributed by atoms with Gasteiger partial charge >= 0.3 is 0 Å². The number of nitrogens with one attached hydrogen (secondary N) is 1. The molecule has 0 aliphatic rings. The third-order valence-corrected chi connectivity index (χ3v) is 2.57. The summed E-state index contributed by atoms with van der Waals surface area (Å²) in [5.41, 5.74) is 0.915. The maximum absolute atomic E-state index is 11.5. The molecule has 1 rings (SSSR count). The monoisotopic (exact) mass is 223 g/mol. The number of nitrogens with zero attached hydrogens (tertiary/aromatic N) is 2. The highest BCUT2D eigenvalue weighted by Crippen LogP contribution is 1.97. The number of aromatic nitrogens is 2. The lowest BCUT2D eigenvalue weighted by Gasteiger charge is -2.11. The van der Waals surface area contributed by atoms with Crippen molar-refractivity contribution in [3.8, 4) is 0 Å². The summed E-state index contributed by atoms with van der Waals surface area (Å²) in [6.45, 7) is 7.84. The first-order valence-electron chi connectivity index (χ1n) is 5.90. The molecule has 90 valence electrons. The van der Waals surface area contributed by atoms with Crippen molar-refractivity contribution in [2.75, 3.05) is 6.54 Å². The standard InChI is InChI=1S/C12H21N3O/c1-4-13-11(3)6-5-7-15-12(16)8-10(2)9-14-15/h8-9,11,13H,4-7H2,1-3H3. The van der Waals surface area contributed by atoms with Crippen LogP contribution >= 0.6 is 0 Å². The second-order valence-electron chi connectivity index (χ2n) is 4.20. The Morgan fingerprint density at radius 3 is 2.94 bits per heavy atom. The van der Waals surface area contributed by atoms with Crippen LogP contribution in [0.15, 0.2) is 17.1 Å². The van der Waals surface area contributed by atoms with Gasteiger partial charge in [0.1, 0.15) is 0 Å². The fourth-order valence-corrected chi connectivity index (χ4v) is 1.69. The van der Waals surface area contributed by atoms with Gasteiger partial charge in [-0.2, -0.15) is 5.10 Å². The fraction of sp³-hybridized carbons (Fsp3) is 0.667. The lowest BCUT2D eigenvalue weighted by Crippen LogP contribution is -2.27. The van der Waals surface area contributed by atoms with Gasteiger partial charge in [0.15, 0.2) is 0 Å². The fourth-order valence-electron chi connectivity index (χ4n) is 1.69. The molecule has 1 aromatic heterocycles. The van der Waals surface area contributed by atoms with E-state index in [0.29, 0.717) is 12.6 Å². The Morgan fingerprint density at radius 1 is 1.56 bits per heavy atom. The number of aryl methyl sites for hydroxylation is 2. The van der Waals surface area contributed by atoms with Crippen LogP contribution in [0.3, 0.4) is 0 Å². The average Bonchev–Trinajstić information content (AvgIpc) is 2.22. The highest BCUT2D eigenvalue weighted by molar-refractivity contribution is 5.02. The highest BCUT2D eigenvalue weighted by Gasteiger charge is 2.01. The van der Waals surface area contributed by atoms with Gasteiger partial charge in [-0.15, -0.1) is 0 Å². The first-order valence-corrected chi connectivity index (χ1v) is 5.90. The third-order valence-electron chi connectivity index (χ3n) is 2.57. The molecule has 1 heterocycles. The Kier molecular flexibility index (Phi) is 5.19. The lowest BCUT2D eigenvalue weighted by molar-refractivity contribution is 0.462. The summed E-state index contributed by atoms with van der Waals surface area (Å²) in [6, 6.07) is 2.13. The van der Waals surface area contributed by atoms with Crippen LogP contribution in [0, 0.1) is 6.92 Å². The van der Waals surface area contributed by atoms with Crippen LogP contribution in [0.4, 0.5) is 0 Å². The number of hydrogen-bond donors (Lipinski definition) is 1. The molecule has 1 atom stereocenters. The molecule has 4 heteroatoms. The molecule has 0 aliphatic carbocycles. The summed E-state index contributed by atoms with van der Waals surface area (Å²) >= 11 is 0. The largest absolute Gasteiger partial charge is 0.315 e. The van der Waals surface area contributed by atoms with Gasteiger partial charge in [0.2, 0.25) is 0 Å². The summed E-state index contributed by atoms with van der Waals surface area (Å²) in [4.78, 5) is 11.5. The van der Waals surface area contributed by atoms with Gasteiger partial charge in [-0.1, -0.05) is 6.92 Å². The van der Waals surface area contributed by atoms with Crippen molar-refractivity contribution >= 4 is 0 Å². The maximum atomic E-state index is 11.5. The topological polar surface area (TPSA) is 46.9 Å². The van der Waals surface area contributed by atoms with E-state index >= 15 is 0 Å². The molecular formula is C12H21N3O. The SMILES string of the molecule is CCNC(C)CCCn1ncc(C)cc1=O. The van der Waals surface area contributed by atoms with Crippen molar-refractivity contribution in [3.05, 3.63) is 28.2 Å². The van der Waals surface area contributed by atoms with Gasteiger partial charge < -0.3 is 5.32 Å². The molecule has 0 saturated heterocycles. The Hall–Kier alpha value is -1.16. The molecule has 1 unspecified atom stereocenters. The summed E-state index contributed by atoms with van der Waals surface area (Å²) in [5.74, 6) is 0. The quantitative estimate of drug-likeness (QED) is 0.791. The van der Waals surface area contributed by atoms with E-state index in [1.54, 1.807) is 12.3 Å². The molecule has 0 aliphatic heterocycles. The Labute approximate surface area is 96.7 Å². The minimum absolute atomic E-state index is 0.00361. The second kappa shape index (κ2) is 6.43. The molecule has 4 nitrogen and oxygen atoms in total. The Morgan fingerprint density at radius 2 is 2.31 bits per heavy atom. The molecule has 1 N–H and O–H groups in total. The zero-order valence-corrected chi connectivity index (χ0v) is 10.4.